The van der Waals surface area contributed by atoms with Gasteiger partial charge < -0.3 is 20.5 Å². The maximum absolute atomic E-state index is 9.12. The van der Waals surface area contributed by atoms with E-state index in [2.05, 4.69) is 10.6 Å². The van der Waals surface area contributed by atoms with Crippen LogP contribution in [0.5, 0.6) is 5.75 Å². The molecule has 0 fully saturated rings. The van der Waals surface area contributed by atoms with Gasteiger partial charge in [0.2, 0.25) is 0 Å². The van der Waals surface area contributed by atoms with Crippen molar-refractivity contribution in [3.05, 3.63) is 29.8 Å². The first-order valence-electron chi connectivity index (χ1n) is 5.76. The van der Waals surface area contributed by atoms with Crippen molar-refractivity contribution in [2.75, 3.05) is 13.7 Å². The van der Waals surface area contributed by atoms with Gasteiger partial charge in [0.1, 0.15) is 5.75 Å². The lowest BCUT2D eigenvalue weighted by molar-refractivity contribution is 0.206. The Kier molecular flexibility index (Phi) is 5.37. The molecular formula is C13H20N2O2S. The van der Waals surface area contributed by atoms with Crippen molar-refractivity contribution in [1.29, 1.82) is 0 Å². The second-order valence-corrected chi connectivity index (χ2v) is 5.11. The van der Waals surface area contributed by atoms with Crippen molar-refractivity contribution in [3.63, 3.8) is 0 Å². The number of thiocarbonyl (C=S) groups is 1. The number of hydrogen-bond donors (Lipinski definition) is 3. The molecule has 0 amide bonds. The van der Waals surface area contributed by atoms with Crippen molar-refractivity contribution in [2.24, 2.45) is 0 Å². The third kappa shape index (κ3) is 4.89. The number of hydrogen-bond acceptors (Lipinski definition) is 3. The highest BCUT2D eigenvalue weighted by Gasteiger charge is 2.16. The zero-order valence-electron chi connectivity index (χ0n) is 11.0. The average molecular weight is 268 g/mol. The van der Waals surface area contributed by atoms with Crippen molar-refractivity contribution in [2.45, 2.75) is 25.9 Å². The summed E-state index contributed by atoms with van der Waals surface area (Å²) in [6.07, 6.45) is 0. The van der Waals surface area contributed by atoms with Crippen molar-refractivity contribution in [1.82, 2.24) is 10.6 Å². The first kappa shape index (κ1) is 14.7. The Morgan fingerprint density at radius 2 is 1.94 bits per heavy atom. The quantitative estimate of drug-likeness (QED) is 0.705. The summed E-state index contributed by atoms with van der Waals surface area (Å²) < 4.78 is 5.09. The van der Waals surface area contributed by atoms with E-state index in [0.717, 1.165) is 11.3 Å². The average Bonchev–Trinajstić information content (AvgIpc) is 2.36. The summed E-state index contributed by atoms with van der Waals surface area (Å²) in [7, 11) is 1.64. The summed E-state index contributed by atoms with van der Waals surface area (Å²) in [5.74, 6) is 0.834. The monoisotopic (exact) mass is 268 g/mol. The van der Waals surface area contributed by atoms with E-state index in [4.69, 9.17) is 22.1 Å². The van der Waals surface area contributed by atoms with Crippen molar-refractivity contribution >= 4 is 17.3 Å². The van der Waals surface area contributed by atoms with Crippen LogP contribution >= 0.6 is 12.2 Å². The summed E-state index contributed by atoms with van der Waals surface area (Å²) in [6, 6.07) is 7.77. The molecule has 3 N–H and O–H groups in total. The van der Waals surface area contributed by atoms with Crippen LogP contribution in [0.4, 0.5) is 0 Å². The molecule has 5 heteroatoms. The Morgan fingerprint density at radius 1 is 1.33 bits per heavy atom. The molecule has 0 aliphatic rings. The van der Waals surface area contributed by atoms with E-state index in [1.165, 1.54) is 0 Å². The lowest BCUT2D eigenvalue weighted by Crippen LogP contribution is -2.50. The Labute approximate surface area is 113 Å². The highest BCUT2D eigenvalue weighted by atomic mass is 32.1. The van der Waals surface area contributed by atoms with Gasteiger partial charge >= 0.3 is 0 Å². The van der Waals surface area contributed by atoms with Gasteiger partial charge in [-0.15, -0.1) is 0 Å². The van der Waals surface area contributed by atoms with Gasteiger partial charge in [-0.1, -0.05) is 12.1 Å². The fourth-order valence-corrected chi connectivity index (χ4v) is 1.67. The van der Waals surface area contributed by atoms with Crippen LogP contribution in [0.1, 0.15) is 19.4 Å². The second kappa shape index (κ2) is 6.56. The normalized spacial score (nSPS) is 10.9. The molecule has 0 aliphatic heterocycles. The van der Waals surface area contributed by atoms with E-state index in [1.807, 2.05) is 38.1 Å². The lowest BCUT2D eigenvalue weighted by Gasteiger charge is -2.25. The highest BCUT2D eigenvalue weighted by Crippen LogP contribution is 2.10. The van der Waals surface area contributed by atoms with Crippen LogP contribution < -0.4 is 15.4 Å². The van der Waals surface area contributed by atoms with Crippen LogP contribution in [0.25, 0.3) is 0 Å². The molecule has 0 atom stereocenters. The van der Waals surface area contributed by atoms with Crippen molar-refractivity contribution in [3.8, 4) is 5.75 Å². The van der Waals surface area contributed by atoms with E-state index >= 15 is 0 Å². The van der Waals surface area contributed by atoms with E-state index in [0.29, 0.717) is 11.7 Å². The molecule has 0 spiro atoms. The molecule has 0 saturated carbocycles. The van der Waals surface area contributed by atoms with Gasteiger partial charge in [0.15, 0.2) is 5.11 Å². The van der Waals surface area contributed by atoms with Crippen molar-refractivity contribution < 1.29 is 9.84 Å². The minimum Gasteiger partial charge on any atom is -0.497 e. The van der Waals surface area contributed by atoms with Crippen LogP contribution in [0.15, 0.2) is 24.3 Å². The Bertz CT molecular complexity index is 390. The number of ether oxygens (including phenoxy) is 1. The maximum atomic E-state index is 9.12. The maximum Gasteiger partial charge on any atom is 0.167 e. The molecule has 0 bridgehead atoms. The van der Waals surface area contributed by atoms with Gasteiger partial charge in [0, 0.05) is 6.54 Å². The summed E-state index contributed by atoms with van der Waals surface area (Å²) in [6.45, 7) is 4.43. The molecule has 1 rings (SSSR count). The molecule has 0 aliphatic carbocycles. The highest BCUT2D eigenvalue weighted by molar-refractivity contribution is 7.80. The third-order valence-electron chi connectivity index (χ3n) is 2.46. The largest absolute Gasteiger partial charge is 0.497 e. The molecule has 1 aromatic rings. The number of benzene rings is 1. The summed E-state index contributed by atoms with van der Waals surface area (Å²) in [5, 5.41) is 15.8. The van der Waals surface area contributed by atoms with Gasteiger partial charge in [-0.3, -0.25) is 0 Å². The van der Waals surface area contributed by atoms with Crippen LogP contribution in [-0.4, -0.2) is 29.5 Å². The number of methoxy groups -OCH3 is 1. The molecule has 1 aromatic carbocycles. The number of nitrogens with one attached hydrogen (secondary N) is 2. The zero-order valence-corrected chi connectivity index (χ0v) is 11.8. The third-order valence-corrected chi connectivity index (χ3v) is 2.71. The molecule has 0 heterocycles. The topological polar surface area (TPSA) is 53.5 Å². The van der Waals surface area contributed by atoms with E-state index in [-0.39, 0.29) is 6.61 Å². The molecule has 4 nitrogen and oxygen atoms in total. The number of aliphatic hydroxyl groups excluding tert-OH is 1. The molecule has 0 unspecified atom stereocenters. The first-order valence-corrected chi connectivity index (χ1v) is 6.17. The zero-order chi connectivity index (χ0) is 13.6. The first-order chi connectivity index (χ1) is 8.46. The van der Waals surface area contributed by atoms with Gasteiger partial charge in [-0.05, 0) is 43.8 Å². The molecule has 18 heavy (non-hydrogen) atoms. The Hall–Kier alpha value is -1.33. The molecule has 0 aromatic heterocycles. The summed E-state index contributed by atoms with van der Waals surface area (Å²) in [5.41, 5.74) is 0.700. The fourth-order valence-electron chi connectivity index (χ4n) is 1.32. The minimum atomic E-state index is -0.413. The molecule has 100 valence electrons. The Morgan fingerprint density at radius 3 is 2.44 bits per heavy atom. The Balaban J connectivity index is 2.42. The molecular weight excluding hydrogens is 248 g/mol. The summed E-state index contributed by atoms with van der Waals surface area (Å²) >= 11 is 5.16. The van der Waals surface area contributed by atoms with Crippen LogP contribution in [0.3, 0.4) is 0 Å². The number of rotatable bonds is 5. The van der Waals surface area contributed by atoms with Crippen LogP contribution in [-0.2, 0) is 6.54 Å². The van der Waals surface area contributed by atoms with Gasteiger partial charge in [-0.2, -0.15) is 0 Å². The van der Waals surface area contributed by atoms with E-state index in [9.17, 15) is 0 Å². The molecule has 0 saturated heterocycles. The predicted molar refractivity (Wildman–Crippen MR) is 76.7 cm³/mol. The molecule has 0 radical (unpaired) electrons. The fraction of sp³-hybridized carbons (Fsp3) is 0.462. The van der Waals surface area contributed by atoms with Crippen LogP contribution in [0, 0.1) is 0 Å². The van der Waals surface area contributed by atoms with Gasteiger partial charge in [-0.25, -0.2) is 0 Å². The smallest absolute Gasteiger partial charge is 0.167 e. The van der Waals surface area contributed by atoms with Gasteiger partial charge in [0.25, 0.3) is 0 Å². The lowest BCUT2D eigenvalue weighted by atomic mass is 10.1. The minimum absolute atomic E-state index is 0.0252. The van der Waals surface area contributed by atoms with Crippen LogP contribution in [0.2, 0.25) is 0 Å². The predicted octanol–water partition coefficient (Wildman–Crippen LogP) is 1.43. The standard InChI is InChI=1S/C13H20N2O2S/c1-13(2,9-16)15-12(18)14-8-10-4-6-11(17-3)7-5-10/h4-7,16H,8-9H2,1-3H3,(H2,14,15,18). The second-order valence-electron chi connectivity index (χ2n) is 4.70. The van der Waals surface area contributed by atoms with E-state index < -0.39 is 5.54 Å². The van der Waals surface area contributed by atoms with E-state index in [1.54, 1.807) is 7.11 Å². The number of aliphatic hydroxyl groups is 1. The van der Waals surface area contributed by atoms with Gasteiger partial charge in [0.05, 0.1) is 19.3 Å². The SMILES string of the molecule is COc1ccc(CNC(=S)NC(C)(C)CO)cc1. The summed E-state index contributed by atoms with van der Waals surface area (Å²) in [4.78, 5) is 0.